The second-order valence-electron chi connectivity index (χ2n) is 3.75. The van der Waals surface area contributed by atoms with Gasteiger partial charge in [-0.05, 0) is 24.3 Å². The van der Waals surface area contributed by atoms with E-state index in [1.807, 2.05) is 30.3 Å². The minimum absolute atomic E-state index is 0.158. The molecule has 2 heterocycles. The molecule has 0 saturated carbocycles. The molecule has 4 nitrogen and oxygen atoms in total. The van der Waals surface area contributed by atoms with Crippen LogP contribution in [0.15, 0.2) is 42.6 Å². The molecule has 0 amide bonds. The molecule has 0 N–H and O–H groups in total. The molecule has 0 saturated heterocycles. The van der Waals surface area contributed by atoms with Crippen LogP contribution in [0.3, 0.4) is 0 Å². The summed E-state index contributed by atoms with van der Waals surface area (Å²) in [6, 6.07) is 10.9. The Labute approximate surface area is 119 Å². The second kappa shape index (κ2) is 4.99. The lowest BCUT2D eigenvalue weighted by Gasteiger charge is -2.09. The van der Waals surface area contributed by atoms with E-state index in [-0.39, 0.29) is 10.3 Å². The lowest BCUT2D eigenvalue weighted by atomic mass is 10.2. The smallest absolute Gasteiger partial charge is 0.194 e. The molecule has 1 aromatic carbocycles. The quantitative estimate of drug-likeness (QED) is 0.712. The number of aromatic nitrogens is 3. The Morgan fingerprint density at radius 2 is 1.84 bits per heavy atom. The van der Waals surface area contributed by atoms with Crippen LogP contribution >= 0.6 is 23.2 Å². The highest BCUT2D eigenvalue weighted by atomic mass is 35.5. The summed E-state index contributed by atoms with van der Waals surface area (Å²) in [4.78, 5) is 4.26. The number of pyridine rings is 1. The van der Waals surface area contributed by atoms with Crippen molar-refractivity contribution in [2.75, 3.05) is 0 Å². The Bertz CT molecular complexity index is 744. The Morgan fingerprint density at radius 1 is 0.947 bits per heavy atom. The fourth-order valence-corrected chi connectivity index (χ4v) is 1.96. The van der Waals surface area contributed by atoms with Crippen molar-refractivity contribution in [1.82, 2.24) is 15.2 Å². The lowest BCUT2D eigenvalue weighted by Crippen LogP contribution is -1.91. The van der Waals surface area contributed by atoms with Gasteiger partial charge in [-0.15, -0.1) is 10.2 Å². The summed E-state index contributed by atoms with van der Waals surface area (Å²) in [5.41, 5.74) is 0.837. The van der Waals surface area contributed by atoms with Gasteiger partial charge in [-0.2, -0.15) is 0 Å². The molecule has 3 rings (SSSR count). The predicted molar refractivity (Wildman–Crippen MR) is 73.9 cm³/mol. The molecule has 0 fully saturated rings. The van der Waals surface area contributed by atoms with Gasteiger partial charge in [0.15, 0.2) is 16.1 Å². The first-order valence-corrected chi connectivity index (χ1v) is 6.20. The van der Waals surface area contributed by atoms with Crippen molar-refractivity contribution in [2.24, 2.45) is 0 Å². The van der Waals surface area contributed by atoms with Crippen LogP contribution in [-0.2, 0) is 0 Å². The summed E-state index contributed by atoms with van der Waals surface area (Å²) in [7, 11) is 0. The zero-order chi connectivity index (χ0) is 13.2. The van der Waals surface area contributed by atoms with Crippen molar-refractivity contribution >= 4 is 34.1 Å². The number of fused-ring (bicyclic) bond motifs is 1. The second-order valence-corrected chi connectivity index (χ2v) is 4.50. The largest absolute Gasteiger partial charge is 0.453 e. The normalized spacial score (nSPS) is 10.6. The van der Waals surface area contributed by atoms with Crippen LogP contribution in [0.1, 0.15) is 0 Å². The first-order valence-electron chi connectivity index (χ1n) is 5.44. The molecule has 6 heteroatoms. The van der Waals surface area contributed by atoms with Crippen LogP contribution in [0.2, 0.25) is 10.3 Å². The van der Waals surface area contributed by atoms with Gasteiger partial charge < -0.3 is 4.74 Å². The SMILES string of the molecule is Clc1cc(Oc2cccc3ncccc23)c(Cl)nn1. The molecule has 0 aliphatic rings. The maximum Gasteiger partial charge on any atom is 0.194 e. The molecule has 3 aromatic rings. The number of rotatable bonds is 2. The molecule has 0 bridgehead atoms. The molecule has 0 aliphatic heterocycles. The number of hydrogen-bond donors (Lipinski definition) is 0. The summed E-state index contributed by atoms with van der Waals surface area (Å²) >= 11 is 11.7. The third-order valence-corrected chi connectivity index (χ3v) is 2.96. The van der Waals surface area contributed by atoms with Crippen LogP contribution in [0.25, 0.3) is 10.9 Å². The highest BCUT2D eigenvalue weighted by molar-refractivity contribution is 6.32. The number of nitrogens with zero attached hydrogens (tertiary/aromatic N) is 3. The van der Waals surface area contributed by atoms with Crippen LogP contribution in [0.5, 0.6) is 11.5 Å². The Hall–Kier alpha value is -1.91. The van der Waals surface area contributed by atoms with Crippen molar-refractivity contribution in [1.29, 1.82) is 0 Å². The van der Waals surface area contributed by atoms with Crippen LogP contribution in [0.4, 0.5) is 0 Å². The molecule has 0 radical (unpaired) electrons. The van der Waals surface area contributed by atoms with Crippen molar-refractivity contribution in [3.63, 3.8) is 0 Å². The highest BCUT2D eigenvalue weighted by Crippen LogP contribution is 2.32. The maximum atomic E-state index is 5.92. The average molecular weight is 292 g/mol. The average Bonchev–Trinajstić information content (AvgIpc) is 2.43. The van der Waals surface area contributed by atoms with Gasteiger partial charge in [0.2, 0.25) is 0 Å². The van der Waals surface area contributed by atoms with E-state index in [1.165, 1.54) is 6.07 Å². The van der Waals surface area contributed by atoms with Gasteiger partial charge in [0.25, 0.3) is 0 Å². The molecule has 0 unspecified atom stereocenters. The van der Waals surface area contributed by atoms with Gasteiger partial charge in [-0.1, -0.05) is 29.3 Å². The van der Waals surface area contributed by atoms with Gasteiger partial charge in [0.05, 0.1) is 5.52 Å². The van der Waals surface area contributed by atoms with Crippen molar-refractivity contribution in [2.45, 2.75) is 0 Å². The van der Waals surface area contributed by atoms with Crippen LogP contribution in [-0.4, -0.2) is 15.2 Å². The molecule has 0 aliphatic carbocycles. The van der Waals surface area contributed by atoms with E-state index in [4.69, 9.17) is 27.9 Å². The zero-order valence-corrected chi connectivity index (χ0v) is 11.1. The molecule has 94 valence electrons. The maximum absolute atomic E-state index is 5.92. The molecule has 19 heavy (non-hydrogen) atoms. The number of halogens is 2. The summed E-state index contributed by atoms with van der Waals surface area (Å²) in [6.45, 7) is 0. The zero-order valence-electron chi connectivity index (χ0n) is 9.55. The Morgan fingerprint density at radius 3 is 2.74 bits per heavy atom. The van der Waals surface area contributed by atoms with Gasteiger partial charge >= 0.3 is 0 Å². The van der Waals surface area contributed by atoms with Crippen molar-refractivity contribution < 1.29 is 4.74 Å². The lowest BCUT2D eigenvalue weighted by molar-refractivity contribution is 0.484. The first-order chi connectivity index (χ1) is 9.24. The van der Waals surface area contributed by atoms with Gasteiger partial charge in [-0.3, -0.25) is 4.98 Å². The monoisotopic (exact) mass is 291 g/mol. The highest BCUT2D eigenvalue weighted by Gasteiger charge is 2.09. The first kappa shape index (κ1) is 12.1. The molecule has 0 atom stereocenters. The van der Waals surface area contributed by atoms with E-state index in [9.17, 15) is 0 Å². The third kappa shape index (κ3) is 2.45. The van der Waals surface area contributed by atoms with E-state index < -0.39 is 0 Å². The fraction of sp³-hybridized carbons (Fsp3) is 0. The predicted octanol–water partition coefficient (Wildman–Crippen LogP) is 4.12. The van der Waals surface area contributed by atoms with Crippen molar-refractivity contribution in [3.05, 3.63) is 52.9 Å². The molecule has 0 spiro atoms. The minimum Gasteiger partial charge on any atom is -0.453 e. The summed E-state index contributed by atoms with van der Waals surface area (Å²) < 4.78 is 5.74. The van der Waals surface area contributed by atoms with Gasteiger partial charge in [0.1, 0.15) is 5.75 Å². The van der Waals surface area contributed by atoms with Crippen molar-refractivity contribution in [3.8, 4) is 11.5 Å². The number of ether oxygens (including phenoxy) is 1. The van der Waals surface area contributed by atoms with E-state index in [1.54, 1.807) is 6.20 Å². The standard InChI is InChI=1S/C13H7Cl2N3O/c14-12-7-11(13(15)18-17-12)19-10-5-1-4-9-8(10)3-2-6-16-9/h1-7H. The summed E-state index contributed by atoms with van der Waals surface area (Å²) in [5.74, 6) is 0.995. The van der Waals surface area contributed by atoms with Crippen LogP contribution < -0.4 is 4.74 Å². The fourth-order valence-electron chi connectivity index (χ4n) is 1.69. The Kier molecular flexibility index (Phi) is 3.19. The summed E-state index contributed by atoms with van der Waals surface area (Å²) in [5, 5.41) is 8.59. The third-order valence-electron chi connectivity index (χ3n) is 2.51. The topological polar surface area (TPSA) is 47.9 Å². The summed E-state index contributed by atoms with van der Waals surface area (Å²) in [6.07, 6.45) is 1.73. The molecular weight excluding hydrogens is 285 g/mol. The Balaban J connectivity index is 2.08. The van der Waals surface area contributed by atoms with Gasteiger partial charge in [0, 0.05) is 17.6 Å². The molecule has 2 aromatic heterocycles. The van der Waals surface area contributed by atoms with E-state index in [2.05, 4.69) is 15.2 Å². The minimum atomic E-state index is 0.158. The van der Waals surface area contributed by atoms with E-state index >= 15 is 0 Å². The molecular formula is C13H7Cl2N3O. The van der Waals surface area contributed by atoms with Crippen LogP contribution in [0, 0.1) is 0 Å². The van der Waals surface area contributed by atoms with Gasteiger partial charge in [-0.25, -0.2) is 0 Å². The van der Waals surface area contributed by atoms with E-state index in [0.717, 1.165) is 10.9 Å². The van der Waals surface area contributed by atoms with E-state index in [0.29, 0.717) is 11.5 Å². The number of benzene rings is 1. The number of hydrogen-bond acceptors (Lipinski definition) is 4.